The van der Waals surface area contributed by atoms with Crippen LogP contribution in [-0.4, -0.2) is 0 Å². The van der Waals surface area contributed by atoms with Gasteiger partial charge in [0.25, 0.3) is 0 Å². The van der Waals surface area contributed by atoms with Crippen molar-refractivity contribution in [3.8, 4) is 44.5 Å². The predicted molar refractivity (Wildman–Crippen MR) is 216 cm³/mol. The second-order valence-corrected chi connectivity index (χ2v) is 13.3. The maximum absolute atomic E-state index is 2.45. The second kappa shape index (κ2) is 11.6. The summed E-state index contributed by atoms with van der Waals surface area (Å²) in [5.41, 5.74) is 9.96. The molecule has 232 valence electrons. The van der Waals surface area contributed by atoms with Gasteiger partial charge in [0.1, 0.15) is 0 Å². The normalized spacial score (nSPS) is 11.6. The highest BCUT2D eigenvalue weighted by atomic mass is 14.2. The Morgan fingerprint density at radius 1 is 0.200 bits per heavy atom. The number of benzene rings is 10. The van der Waals surface area contributed by atoms with Gasteiger partial charge in [0.05, 0.1) is 0 Å². The molecule has 0 heteroatoms. The molecule has 0 heterocycles. The average molecular weight is 633 g/mol. The fraction of sp³-hybridized carbons (Fsp3) is 0. The first-order chi connectivity index (χ1) is 24.8. The van der Waals surface area contributed by atoms with Crippen LogP contribution in [0.25, 0.3) is 98.4 Å². The van der Waals surface area contributed by atoms with Gasteiger partial charge in [-0.15, -0.1) is 0 Å². The van der Waals surface area contributed by atoms with E-state index in [0.717, 1.165) is 0 Å². The Balaban J connectivity index is 1.30. The molecule has 50 heavy (non-hydrogen) atoms. The van der Waals surface area contributed by atoms with Gasteiger partial charge in [-0.25, -0.2) is 0 Å². The van der Waals surface area contributed by atoms with Crippen molar-refractivity contribution in [2.45, 2.75) is 0 Å². The Labute approximate surface area is 291 Å². The van der Waals surface area contributed by atoms with E-state index in [1.165, 1.54) is 98.4 Å². The van der Waals surface area contributed by atoms with E-state index >= 15 is 0 Å². The predicted octanol–water partition coefficient (Wildman–Crippen LogP) is 14.1. The molecule has 0 fully saturated rings. The quantitative estimate of drug-likeness (QED) is 0.169. The van der Waals surface area contributed by atoms with Crippen molar-refractivity contribution in [2.24, 2.45) is 0 Å². The number of fused-ring (bicyclic) bond motifs is 5. The summed E-state index contributed by atoms with van der Waals surface area (Å²) in [6.45, 7) is 0. The number of hydrogen-bond acceptors (Lipinski definition) is 0. The minimum atomic E-state index is 1.21. The lowest BCUT2D eigenvalue weighted by Gasteiger charge is -2.20. The minimum Gasteiger partial charge on any atom is -0.0616 e. The van der Waals surface area contributed by atoms with E-state index in [9.17, 15) is 0 Å². The standard InChI is InChI=1S/C50H32/c1-3-15-36-30-39(26-24-33(36)12-1)49-45-21-9-10-22-46(45)50(40-27-25-34-13-2-4-16-37(34)31-40)48-32-38(28-29-47(48)49)42-19-7-8-20-43(42)44-23-11-17-35-14-5-6-18-41(35)44/h1-32H. The molecule has 0 saturated carbocycles. The number of hydrogen-bond donors (Lipinski definition) is 0. The van der Waals surface area contributed by atoms with Gasteiger partial charge in [-0.05, 0) is 117 Å². The molecule has 0 atom stereocenters. The van der Waals surface area contributed by atoms with Gasteiger partial charge in [0.15, 0.2) is 0 Å². The van der Waals surface area contributed by atoms with Crippen molar-refractivity contribution in [3.05, 3.63) is 194 Å². The highest BCUT2D eigenvalue weighted by molar-refractivity contribution is 6.22. The average Bonchev–Trinajstić information content (AvgIpc) is 3.19. The first kappa shape index (κ1) is 28.5. The van der Waals surface area contributed by atoms with E-state index in [1.54, 1.807) is 0 Å². The van der Waals surface area contributed by atoms with Crippen LogP contribution < -0.4 is 0 Å². The van der Waals surface area contributed by atoms with E-state index in [1.807, 2.05) is 0 Å². The van der Waals surface area contributed by atoms with Gasteiger partial charge in [-0.1, -0.05) is 176 Å². The van der Waals surface area contributed by atoms with Crippen molar-refractivity contribution in [1.82, 2.24) is 0 Å². The van der Waals surface area contributed by atoms with Crippen molar-refractivity contribution >= 4 is 53.9 Å². The molecule has 0 nitrogen and oxygen atoms in total. The van der Waals surface area contributed by atoms with Crippen LogP contribution in [0.4, 0.5) is 0 Å². The zero-order chi connectivity index (χ0) is 33.0. The molecule has 0 radical (unpaired) electrons. The van der Waals surface area contributed by atoms with Gasteiger partial charge in [0, 0.05) is 0 Å². The van der Waals surface area contributed by atoms with E-state index in [2.05, 4.69) is 194 Å². The Kier molecular flexibility index (Phi) is 6.60. The molecule has 0 N–H and O–H groups in total. The molecule has 0 aliphatic heterocycles. The summed E-state index contributed by atoms with van der Waals surface area (Å²) in [5.74, 6) is 0. The van der Waals surface area contributed by atoms with Crippen LogP contribution in [0.5, 0.6) is 0 Å². The van der Waals surface area contributed by atoms with Crippen LogP contribution in [0.2, 0.25) is 0 Å². The van der Waals surface area contributed by atoms with Crippen LogP contribution >= 0.6 is 0 Å². The summed E-state index contributed by atoms with van der Waals surface area (Å²) >= 11 is 0. The fourth-order valence-electron chi connectivity index (χ4n) is 8.09. The molecular formula is C50H32. The molecule has 0 bridgehead atoms. The molecule has 0 aliphatic carbocycles. The third-order valence-corrected chi connectivity index (χ3v) is 10.4. The zero-order valence-corrected chi connectivity index (χ0v) is 27.5. The van der Waals surface area contributed by atoms with Crippen LogP contribution in [0.3, 0.4) is 0 Å². The minimum absolute atomic E-state index is 1.21. The molecule has 10 rings (SSSR count). The van der Waals surface area contributed by atoms with E-state index in [-0.39, 0.29) is 0 Å². The second-order valence-electron chi connectivity index (χ2n) is 13.3. The Morgan fingerprint density at radius 2 is 0.640 bits per heavy atom. The maximum Gasteiger partial charge on any atom is -0.00259 e. The largest absolute Gasteiger partial charge is 0.0616 e. The highest BCUT2D eigenvalue weighted by Gasteiger charge is 2.19. The molecule has 0 aliphatic rings. The van der Waals surface area contributed by atoms with Gasteiger partial charge in [-0.2, -0.15) is 0 Å². The van der Waals surface area contributed by atoms with Gasteiger partial charge < -0.3 is 0 Å². The van der Waals surface area contributed by atoms with Crippen molar-refractivity contribution in [2.75, 3.05) is 0 Å². The van der Waals surface area contributed by atoms with Crippen LogP contribution in [0.1, 0.15) is 0 Å². The molecule has 0 spiro atoms. The summed E-state index contributed by atoms with van der Waals surface area (Å²) < 4.78 is 0. The number of rotatable bonds is 4. The smallest absolute Gasteiger partial charge is 0.00259 e. The topological polar surface area (TPSA) is 0 Å². The molecule has 10 aromatic rings. The van der Waals surface area contributed by atoms with Crippen molar-refractivity contribution in [1.29, 1.82) is 0 Å². The van der Waals surface area contributed by atoms with Gasteiger partial charge >= 0.3 is 0 Å². The lowest BCUT2D eigenvalue weighted by molar-refractivity contribution is 1.61. The summed E-state index contributed by atoms with van der Waals surface area (Å²) in [6, 6.07) is 71.5. The summed E-state index contributed by atoms with van der Waals surface area (Å²) in [5, 5.41) is 12.6. The molecule has 0 saturated heterocycles. The first-order valence-corrected chi connectivity index (χ1v) is 17.3. The van der Waals surface area contributed by atoms with Crippen LogP contribution in [-0.2, 0) is 0 Å². The van der Waals surface area contributed by atoms with E-state index in [4.69, 9.17) is 0 Å². The SMILES string of the molecule is c1ccc(-c2cccc3ccccc23)c(-c2ccc3c(-c4ccc5ccccc5c4)c4ccccc4c(-c4ccc5ccccc5c4)c3c2)c1. The molecule has 0 amide bonds. The van der Waals surface area contributed by atoms with E-state index in [0.29, 0.717) is 0 Å². The summed E-state index contributed by atoms with van der Waals surface area (Å²) in [4.78, 5) is 0. The molecule has 10 aromatic carbocycles. The third-order valence-electron chi connectivity index (χ3n) is 10.4. The molecular weight excluding hydrogens is 601 g/mol. The lowest BCUT2D eigenvalue weighted by Crippen LogP contribution is -1.93. The Morgan fingerprint density at radius 3 is 1.30 bits per heavy atom. The van der Waals surface area contributed by atoms with E-state index < -0.39 is 0 Å². The molecule has 0 unspecified atom stereocenters. The summed E-state index contributed by atoms with van der Waals surface area (Å²) in [6.07, 6.45) is 0. The third kappa shape index (κ3) is 4.61. The summed E-state index contributed by atoms with van der Waals surface area (Å²) in [7, 11) is 0. The highest BCUT2D eigenvalue weighted by Crippen LogP contribution is 2.46. The van der Waals surface area contributed by atoms with Crippen LogP contribution in [0.15, 0.2) is 194 Å². The zero-order valence-electron chi connectivity index (χ0n) is 27.5. The van der Waals surface area contributed by atoms with Gasteiger partial charge in [0.2, 0.25) is 0 Å². The fourth-order valence-corrected chi connectivity index (χ4v) is 8.09. The van der Waals surface area contributed by atoms with Gasteiger partial charge in [-0.3, -0.25) is 0 Å². The monoisotopic (exact) mass is 632 g/mol. The lowest BCUT2D eigenvalue weighted by atomic mass is 9.83. The Hall–Kier alpha value is -6.50. The maximum atomic E-state index is 2.45. The Bertz CT molecular complexity index is 2920. The molecule has 0 aromatic heterocycles. The van der Waals surface area contributed by atoms with Crippen molar-refractivity contribution < 1.29 is 0 Å². The van der Waals surface area contributed by atoms with Crippen molar-refractivity contribution in [3.63, 3.8) is 0 Å². The van der Waals surface area contributed by atoms with Crippen LogP contribution in [0, 0.1) is 0 Å². The first-order valence-electron chi connectivity index (χ1n) is 17.3.